The van der Waals surface area contributed by atoms with Crippen molar-refractivity contribution < 1.29 is 4.79 Å². The van der Waals surface area contributed by atoms with Gasteiger partial charge in [0, 0.05) is 36.3 Å². The quantitative estimate of drug-likeness (QED) is 0.745. The van der Waals surface area contributed by atoms with Crippen molar-refractivity contribution in [3.63, 3.8) is 0 Å². The average Bonchev–Trinajstić information content (AvgIpc) is 3.20. The maximum atomic E-state index is 12.7. The van der Waals surface area contributed by atoms with Gasteiger partial charge in [-0.3, -0.25) is 4.79 Å². The minimum Gasteiger partial charge on any atom is -0.356 e. The maximum absolute atomic E-state index is 12.7. The summed E-state index contributed by atoms with van der Waals surface area (Å²) in [4.78, 5) is 20.2. The van der Waals surface area contributed by atoms with E-state index in [1.807, 2.05) is 0 Å². The van der Waals surface area contributed by atoms with E-state index >= 15 is 0 Å². The number of amides is 1. The molecule has 4 rings (SSSR count). The number of hydrogen-bond acceptors (Lipinski definition) is 3. The van der Waals surface area contributed by atoms with E-state index in [1.54, 1.807) is 0 Å². The normalized spacial score (nSPS) is 17.0. The summed E-state index contributed by atoms with van der Waals surface area (Å²) < 4.78 is 0. The Kier molecular flexibility index (Phi) is 6.36. The molecule has 1 aromatic carbocycles. The highest BCUT2D eigenvalue weighted by Crippen LogP contribution is 2.29. The van der Waals surface area contributed by atoms with Crippen LogP contribution in [0.5, 0.6) is 0 Å². The molecule has 1 fully saturated rings. The third-order valence-corrected chi connectivity index (χ3v) is 6.81. The van der Waals surface area contributed by atoms with Crippen molar-refractivity contribution in [2.45, 2.75) is 78.2 Å². The second-order valence-corrected chi connectivity index (χ2v) is 10.5. The third kappa shape index (κ3) is 5.28. The van der Waals surface area contributed by atoms with E-state index in [2.05, 4.69) is 68.2 Å². The van der Waals surface area contributed by atoms with Crippen LogP contribution in [0.3, 0.4) is 0 Å². The summed E-state index contributed by atoms with van der Waals surface area (Å²) in [5.41, 5.74) is 6.22. The number of carbonyl (C=O) groups excluding carboxylic acids is 1. The van der Waals surface area contributed by atoms with E-state index in [0.717, 1.165) is 48.1 Å². The van der Waals surface area contributed by atoms with Crippen molar-refractivity contribution in [2.75, 3.05) is 18.0 Å². The third-order valence-electron chi connectivity index (χ3n) is 6.81. The standard InChI is InChI=1S/C27H37N3O/c1-19-12-14-30(15-13-19)26-23(10-11-24(29-26)27(2,3)4)18-28-25(31)17-20-8-9-21-6-5-7-22(21)16-20/h8-11,16,19H,5-7,12-15,17-18H2,1-4H3,(H,28,31). The fourth-order valence-corrected chi connectivity index (χ4v) is 4.70. The van der Waals surface area contributed by atoms with Crippen LogP contribution in [0, 0.1) is 5.92 Å². The highest BCUT2D eigenvalue weighted by Gasteiger charge is 2.23. The molecule has 0 saturated carbocycles. The molecule has 1 aromatic heterocycles. The van der Waals surface area contributed by atoms with Gasteiger partial charge in [-0.25, -0.2) is 4.98 Å². The Labute approximate surface area is 187 Å². The fourth-order valence-electron chi connectivity index (χ4n) is 4.70. The van der Waals surface area contributed by atoms with Gasteiger partial charge in [-0.2, -0.15) is 0 Å². The smallest absolute Gasteiger partial charge is 0.224 e. The van der Waals surface area contributed by atoms with E-state index in [-0.39, 0.29) is 11.3 Å². The largest absolute Gasteiger partial charge is 0.356 e. The molecule has 4 nitrogen and oxygen atoms in total. The first-order valence-corrected chi connectivity index (χ1v) is 11.9. The zero-order valence-electron chi connectivity index (χ0n) is 19.6. The van der Waals surface area contributed by atoms with E-state index < -0.39 is 0 Å². The molecule has 2 heterocycles. The first kappa shape index (κ1) is 21.9. The first-order chi connectivity index (χ1) is 14.8. The molecule has 0 spiro atoms. The number of piperidine rings is 1. The Morgan fingerprint density at radius 3 is 2.58 bits per heavy atom. The second-order valence-electron chi connectivity index (χ2n) is 10.5. The summed E-state index contributed by atoms with van der Waals surface area (Å²) in [5, 5.41) is 3.16. The highest BCUT2D eigenvalue weighted by atomic mass is 16.1. The molecule has 1 aliphatic heterocycles. The molecule has 1 N–H and O–H groups in total. The van der Waals surface area contributed by atoms with Crippen LogP contribution in [-0.4, -0.2) is 24.0 Å². The molecule has 31 heavy (non-hydrogen) atoms. The molecule has 1 aliphatic carbocycles. The van der Waals surface area contributed by atoms with Gasteiger partial charge >= 0.3 is 0 Å². The number of benzene rings is 1. The van der Waals surface area contributed by atoms with Crippen molar-refractivity contribution >= 4 is 11.7 Å². The van der Waals surface area contributed by atoms with Crippen LogP contribution in [0.2, 0.25) is 0 Å². The Morgan fingerprint density at radius 2 is 1.84 bits per heavy atom. The number of fused-ring (bicyclic) bond motifs is 1. The summed E-state index contributed by atoms with van der Waals surface area (Å²) >= 11 is 0. The van der Waals surface area contributed by atoms with Crippen LogP contribution in [0.15, 0.2) is 30.3 Å². The summed E-state index contributed by atoms with van der Waals surface area (Å²) in [7, 11) is 0. The van der Waals surface area contributed by atoms with Crippen LogP contribution < -0.4 is 10.2 Å². The Hall–Kier alpha value is -2.36. The SMILES string of the molecule is CC1CCN(c2nc(C(C)(C)C)ccc2CNC(=O)Cc2ccc3c(c2)CCC3)CC1. The monoisotopic (exact) mass is 419 g/mol. The Morgan fingerprint density at radius 1 is 1.10 bits per heavy atom. The van der Waals surface area contributed by atoms with Gasteiger partial charge in [0.1, 0.15) is 5.82 Å². The highest BCUT2D eigenvalue weighted by molar-refractivity contribution is 5.78. The summed E-state index contributed by atoms with van der Waals surface area (Å²) in [6.45, 7) is 11.6. The molecular formula is C27H37N3O. The minimum atomic E-state index is 0.00712. The number of rotatable bonds is 5. The molecular weight excluding hydrogens is 382 g/mol. The number of aryl methyl sites for hydroxylation is 2. The van der Waals surface area contributed by atoms with Crippen molar-refractivity contribution in [1.82, 2.24) is 10.3 Å². The lowest BCUT2D eigenvalue weighted by Crippen LogP contribution is -2.35. The van der Waals surface area contributed by atoms with Crippen LogP contribution in [0.25, 0.3) is 0 Å². The van der Waals surface area contributed by atoms with Gasteiger partial charge in [0.2, 0.25) is 5.91 Å². The molecule has 0 radical (unpaired) electrons. The van der Waals surface area contributed by atoms with Crippen LogP contribution in [-0.2, 0) is 36.0 Å². The molecule has 2 aromatic rings. The molecule has 2 aliphatic rings. The lowest BCUT2D eigenvalue weighted by molar-refractivity contribution is -0.120. The van der Waals surface area contributed by atoms with Crippen molar-refractivity contribution in [1.29, 1.82) is 0 Å². The number of nitrogens with zero attached hydrogens (tertiary/aromatic N) is 2. The topological polar surface area (TPSA) is 45.2 Å². The van der Waals surface area contributed by atoms with Crippen molar-refractivity contribution in [2.24, 2.45) is 5.92 Å². The summed E-state index contributed by atoms with van der Waals surface area (Å²) in [6.07, 6.45) is 6.40. The number of nitrogens with one attached hydrogen (secondary N) is 1. The van der Waals surface area contributed by atoms with Crippen molar-refractivity contribution in [3.8, 4) is 0 Å². The van der Waals surface area contributed by atoms with Gasteiger partial charge in [-0.05, 0) is 60.8 Å². The number of pyridine rings is 1. The van der Waals surface area contributed by atoms with Gasteiger partial charge in [0.15, 0.2) is 0 Å². The van der Waals surface area contributed by atoms with Gasteiger partial charge in [0.05, 0.1) is 6.42 Å². The average molecular weight is 420 g/mol. The first-order valence-electron chi connectivity index (χ1n) is 11.9. The molecule has 1 saturated heterocycles. The number of hydrogen-bond donors (Lipinski definition) is 1. The van der Waals surface area contributed by atoms with Gasteiger partial charge in [0.25, 0.3) is 0 Å². The van der Waals surface area contributed by atoms with Gasteiger partial charge in [-0.15, -0.1) is 0 Å². The van der Waals surface area contributed by atoms with Crippen LogP contribution in [0.4, 0.5) is 5.82 Å². The zero-order valence-corrected chi connectivity index (χ0v) is 19.6. The van der Waals surface area contributed by atoms with Crippen LogP contribution >= 0.6 is 0 Å². The van der Waals surface area contributed by atoms with E-state index in [9.17, 15) is 4.79 Å². The molecule has 166 valence electrons. The predicted octanol–water partition coefficient (Wildman–Crippen LogP) is 4.96. The lowest BCUT2D eigenvalue weighted by atomic mass is 9.91. The van der Waals surface area contributed by atoms with Gasteiger partial charge in [-0.1, -0.05) is 52.0 Å². The lowest BCUT2D eigenvalue weighted by Gasteiger charge is -2.33. The summed E-state index contributed by atoms with van der Waals surface area (Å²) in [5.74, 6) is 1.91. The Bertz CT molecular complexity index is 936. The molecule has 0 bridgehead atoms. The van der Waals surface area contributed by atoms with Gasteiger partial charge < -0.3 is 10.2 Å². The molecule has 0 unspecified atom stereocenters. The number of anilines is 1. The Balaban J connectivity index is 1.46. The summed E-state index contributed by atoms with van der Waals surface area (Å²) in [6, 6.07) is 10.8. The molecule has 1 amide bonds. The van der Waals surface area contributed by atoms with Crippen LogP contribution in [0.1, 0.15) is 74.9 Å². The molecule has 0 atom stereocenters. The van der Waals surface area contributed by atoms with E-state index in [0.29, 0.717) is 13.0 Å². The predicted molar refractivity (Wildman–Crippen MR) is 128 cm³/mol. The van der Waals surface area contributed by atoms with Crippen molar-refractivity contribution in [3.05, 3.63) is 58.3 Å². The number of aromatic nitrogens is 1. The zero-order chi connectivity index (χ0) is 22.0. The maximum Gasteiger partial charge on any atom is 0.224 e. The fraction of sp³-hybridized carbons (Fsp3) is 0.556. The van der Waals surface area contributed by atoms with E-state index in [1.165, 1.54) is 36.8 Å². The molecule has 4 heteroatoms. The number of carbonyl (C=O) groups is 1. The minimum absolute atomic E-state index is 0.00712. The second kappa shape index (κ2) is 9.02. The van der Waals surface area contributed by atoms with E-state index in [4.69, 9.17) is 4.98 Å².